The monoisotopic (exact) mass is 340 g/mol. The number of nitrogens with one attached hydrogen (secondary N) is 3. The van der Waals surface area contributed by atoms with Crippen molar-refractivity contribution in [2.45, 2.75) is 5.92 Å². The molecule has 0 fully saturated rings. The van der Waals surface area contributed by atoms with Gasteiger partial charge in [0.25, 0.3) is 5.91 Å². The number of amides is 1. The molecule has 0 radical (unpaired) electrons. The molecule has 0 heterocycles. The van der Waals surface area contributed by atoms with E-state index < -0.39 is 11.8 Å². The third-order valence-electron chi connectivity index (χ3n) is 3.17. The summed E-state index contributed by atoms with van der Waals surface area (Å²) in [7, 11) is 1.59. The highest BCUT2D eigenvalue weighted by molar-refractivity contribution is 7.80. The highest BCUT2D eigenvalue weighted by atomic mass is 32.1. The zero-order valence-electron chi connectivity index (χ0n) is 12.9. The van der Waals surface area contributed by atoms with E-state index >= 15 is 0 Å². The summed E-state index contributed by atoms with van der Waals surface area (Å²) >= 11 is 5.10. The van der Waals surface area contributed by atoms with Crippen LogP contribution in [-0.4, -0.2) is 18.1 Å². The molecule has 1 amide bonds. The number of anilines is 1. The Balaban J connectivity index is 1.88. The summed E-state index contributed by atoms with van der Waals surface area (Å²) < 4.78 is 5.07. The smallest absolute Gasteiger partial charge is 0.260 e. The second-order valence-electron chi connectivity index (χ2n) is 4.77. The van der Waals surface area contributed by atoms with Gasteiger partial charge < -0.3 is 10.1 Å². The number of hydrogen-bond donors (Lipinski definition) is 3. The van der Waals surface area contributed by atoms with Gasteiger partial charge in [0.05, 0.1) is 13.2 Å². The molecule has 7 heteroatoms. The first-order chi connectivity index (χ1) is 11.6. The second kappa shape index (κ2) is 8.50. The van der Waals surface area contributed by atoms with Crippen molar-refractivity contribution < 1.29 is 9.53 Å². The standard InChI is InChI=1S/C17H16N4O2S/c1-23-14-9-7-13(8-10-14)19-17(24)21-20-16(22)15(11-18)12-5-3-2-4-6-12/h2-10,15H,1H3,(H,20,22)(H2,19,21,24). The van der Waals surface area contributed by atoms with Crippen LogP contribution in [0.1, 0.15) is 11.5 Å². The molecule has 0 aromatic heterocycles. The largest absolute Gasteiger partial charge is 0.497 e. The average molecular weight is 340 g/mol. The fourth-order valence-corrected chi connectivity index (χ4v) is 2.13. The lowest BCUT2D eigenvalue weighted by molar-refractivity contribution is -0.121. The molecule has 3 N–H and O–H groups in total. The molecule has 0 spiro atoms. The van der Waals surface area contributed by atoms with E-state index in [4.69, 9.17) is 17.0 Å². The molecular weight excluding hydrogens is 324 g/mol. The first kappa shape index (κ1) is 17.2. The van der Waals surface area contributed by atoms with Crippen LogP contribution < -0.4 is 20.9 Å². The van der Waals surface area contributed by atoms with Crippen molar-refractivity contribution in [3.63, 3.8) is 0 Å². The lowest BCUT2D eigenvalue weighted by Crippen LogP contribution is -2.45. The van der Waals surface area contributed by atoms with Crippen LogP contribution in [0.4, 0.5) is 5.69 Å². The van der Waals surface area contributed by atoms with Crippen molar-refractivity contribution >= 4 is 28.9 Å². The van der Waals surface area contributed by atoms with E-state index in [0.717, 1.165) is 11.4 Å². The Bertz CT molecular complexity index is 741. The molecule has 2 aromatic rings. The number of carbonyl (C=O) groups excluding carboxylic acids is 1. The van der Waals surface area contributed by atoms with E-state index in [-0.39, 0.29) is 5.11 Å². The van der Waals surface area contributed by atoms with Crippen molar-refractivity contribution in [2.24, 2.45) is 0 Å². The van der Waals surface area contributed by atoms with Gasteiger partial charge in [-0.3, -0.25) is 15.6 Å². The summed E-state index contributed by atoms with van der Waals surface area (Å²) in [6.07, 6.45) is 0. The molecule has 6 nitrogen and oxygen atoms in total. The van der Waals surface area contributed by atoms with Gasteiger partial charge in [-0.2, -0.15) is 5.26 Å². The highest BCUT2D eigenvalue weighted by Gasteiger charge is 2.19. The van der Waals surface area contributed by atoms with E-state index in [0.29, 0.717) is 5.56 Å². The number of nitriles is 1. The minimum Gasteiger partial charge on any atom is -0.497 e. The van der Waals surface area contributed by atoms with Crippen molar-refractivity contribution in [3.05, 3.63) is 60.2 Å². The zero-order chi connectivity index (χ0) is 17.4. The Labute approximate surface area is 145 Å². The summed E-state index contributed by atoms with van der Waals surface area (Å²) in [6, 6.07) is 17.9. The number of hydrazine groups is 1. The van der Waals surface area contributed by atoms with Crippen LogP contribution in [-0.2, 0) is 4.79 Å². The van der Waals surface area contributed by atoms with Gasteiger partial charge in [0.2, 0.25) is 0 Å². The molecule has 0 aliphatic carbocycles. The maximum Gasteiger partial charge on any atom is 0.260 e. The lowest BCUT2D eigenvalue weighted by atomic mass is 10.0. The molecule has 0 saturated heterocycles. The normalized spacial score (nSPS) is 10.8. The van der Waals surface area contributed by atoms with Crippen molar-refractivity contribution in [2.75, 3.05) is 12.4 Å². The average Bonchev–Trinajstić information content (AvgIpc) is 2.62. The SMILES string of the molecule is COc1ccc(NC(=S)NNC(=O)C(C#N)c2ccccc2)cc1. The highest BCUT2D eigenvalue weighted by Crippen LogP contribution is 2.15. The third kappa shape index (κ3) is 4.69. The number of carbonyl (C=O) groups is 1. The molecule has 0 aliphatic rings. The quantitative estimate of drug-likeness (QED) is 0.585. The van der Waals surface area contributed by atoms with Gasteiger partial charge in [0.15, 0.2) is 11.0 Å². The topological polar surface area (TPSA) is 86.2 Å². The van der Waals surface area contributed by atoms with E-state index in [1.54, 1.807) is 55.6 Å². The summed E-state index contributed by atoms with van der Waals surface area (Å²) in [5, 5.41) is 12.3. The van der Waals surface area contributed by atoms with E-state index in [2.05, 4.69) is 16.2 Å². The predicted octanol–water partition coefficient (Wildman–Crippen LogP) is 2.32. The van der Waals surface area contributed by atoms with Gasteiger partial charge >= 0.3 is 0 Å². The molecule has 2 rings (SSSR count). The van der Waals surface area contributed by atoms with E-state index in [1.165, 1.54) is 0 Å². The fourth-order valence-electron chi connectivity index (χ4n) is 1.96. The Morgan fingerprint density at radius 1 is 1.12 bits per heavy atom. The van der Waals surface area contributed by atoms with Gasteiger partial charge in [0.1, 0.15) is 5.75 Å². The van der Waals surface area contributed by atoms with Crippen LogP contribution in [0.5, 0.6) is 5.75 Å². The van der Waals surface area contributed by atoms with Crippen LogP contribution in [0.2, 0.25) is 0 Å². The lowest BCUT2D eigenvalue weighted by Gasteiger charge is -2.14. The van der Waals surface area contributed by atoms with Crippen LogP contribution in [0.15, 0.2) is 54.6 Å². The number of nitrogens with zero attached hydrogens (tertiary/aromatic N) is 1. The maximum absolute atomic E-state index is 12.1. The molecule has 0 bridgehead atoms. The minimum absolute atomic E-state index is 0.207. The zero-order valence-corrected chi connectivity index (χ0v) is 13.8. The minimum atomic E-state index is -0.914. The predicted molar refractivity (Wildman–Crippen MR) is 95.3 cm³/mol. The number of ether oxygens (including phenoxy) is 1. The van der Waals surface area contributed by atoms with Gasteiger partial charge in [-0.15, -0.1) is 0 Å². The summed E-state index contributed by atoms with van der Waals surface area (Å²) in [5.74, 6) is -0.669. The van der Waals surface area contributed by atoms with Gasteiger partial charge in [-0.25, -0.2) is 0 Å². The van der Waals surface area contributed by atoms with Crippen molar-refractivity contribution in [1.82, 2.24) is 10.9 Å². The Morgan fingerprint density at radius 2 is 1.79 bits per heavy atom. The van der Waals surface area contributed by atoms with Gasteiger partial charge in [0, 0.05) is 5.69 Å². The summed E-state index contributed by atoms with van der Waals surface area (Å²) in [5.41, 5.74) is 6.37. The molecule has 1 unspecified atom stereocenters. The summed E-state index contributed by atoms with van der Waals surface area (Å²) in [4.78, 5) is 12.1. The molecule has 0 saturated carbocycles. The van der Waals surface area contributed by atoms with Gasteiger partial charge in [-0.05, 0) is 42.0 Å². The maximum atomic E-state index is 12.1. The third-order valence-corrected chi connectivity index (χ3v) is 3.38. The first-order valence-corrected chi connectivity index (χ1v) is 7.50. The Kier molecular flexibility index (Phi) is 6.11. The van der Waals surface area contributed by atoms with Gasteiger partial charge in [-0.1, -0.05) is 30.3 Å². The number of hydrogen-bond acceptors (Lipinski definition) is 4. The number of thiocarbonyl (C=S) groups is 1. The summed E-state index contributed by atoms with van der Waals surface area (Å²) in [6.45, 7) is 0. The number of methoxy groups -OCH3 is 1. The van der Waals surface area contributed by atoms with Crippen LogP contribution in [0.3, 0.4) is 0 Å². The van der Waals surface area contributed by atoms with Crippen LogP contribution in [0.25, 0.3) is 0 Å². The number of benzene rings is 2. The van der Waals surface area contributed by atoms with Crippen LogP contribution >= 0.6 is 12.2 Å². The van der Waals surface area contributed by atoms with Crippen molar-refractivity contribution in [3.8, 4) is 11.8 Å². The second-order valence-corrected chi connectivity index (χ2v) is 5.18. The van der Waals surface area contributed by atoms with Crippen LogP contribution in [0, 0.1) is 11.3 Å². The molecule has 122 valence electrons. The molecule has 24 heavy (non-hydrogen) atoms. The molecule has 0 aliphatic heterocycles. The van der Waals surface area contributed by atoms with Crippen molar-refractivity contribution in [1.29, 1.82) is 5.26 Å². The van der Waals surface area contributed by atoms with E-state index in [1.807, 2.05) is 12.1 Å². The Hall–Kier alpha value is -3.11. The number of rotatable bonds is 4. The molecular formula is C17H16N4O2S. The Morgan fingerprint density at radius 3 is 2.38 bits per heavy atom. The van der Waals surface area contributed by atoms with E-state index in [9.17, 15) is 10.1 Å². The fraction of sp³-hybridized carbons (Fsp3) is 0.118. The molecule has 2 aromatic carbocycles. The molecule has 1 atom stereocenters. The first-order valence-electron chi connectivity index (χ1n) is 7.09.